The number of rotatable bonds is 5. The Bertz CT molecular complexity index is 2100. The van der Waals surface area contributed by atoms with Gasteiger partial charge in [0.15, 0.2) is 0 Å². The molecule has 1 aliphatic rings. The van der Waals surface area contributed by atoms with Gasteiger partial charge in [-0.25, -0.2) is 9.97 Å². The van der Waals surface area contributed by atoms with Gasteiger partial charge in [0, 0.05) is 50.0 Å². The van der Waals surface area contributed by atoms with Gasteiger partial charge in [-0.2, -0.15) is 6.07 Å². The third-order valence-corrected chi connectivity index (χ3v) is 8.47. The predicted molar refractivity (Wildman–Crippen MR) is 168 cm³/mol. The molecule has 0 radical (unpaired) electrons. The van der Waals surface area contributed by atoms with Gasteiger partial charge in [-0.05, 0) is 65.1 Å². The number of ether oxygens (including phenoxy) is 1. The maximum absolute atomic E-state index is 10.7. The Labute approximate surface area is 264 Å². The van der Waals surface area contributed by atoms with Crippen molar-refractivity contribution in [1.29, 1.82) is 0 Å². The monoisotopic (exact) mass is 741 g/mol. The van der Waals surface area contributed by atoms with Gasteiger partial charge in [0.2, 0.25) is 5.88 Å². The molecule has 1 saturated carbocycles. The van der Waals surface area contributed by atoms with Crippen LogP contribution in [0.25, 0.3) is 49.7 Å². The topological polar surface area (TPSA) is 60.2 Å². The van der Waals surface area contributed by atoms with Crippen molar-refractivity contribution in [2.24, 2.45) is 0 Å². The number of benzene rings is 4. The number of pyridine rings is 2. The quantitative estimate of drug-likeness (QED) is 0.179. The van der Waals surface area contributed by atoms with Gasteiger partial charge in [-0.3, -0.25) is 0 Å². The molecule has 6 heteroatoms. The maximum Gasteiger partial charge on any atom is 0.217 e. The van der Waals surface area contributed by atoms with E-state index in [0.717, 1.165) is 57.0 Å². The summed E-state index contributed by atoms with van der Waals surface area (Å²) in [4.78, 5) is 9.52. The van der Waals surface area contributed by atoms with Crippen LogP contribution in [0, 0.1) is 6.07 Å². The number of hydrogen-bond donors (Lipinski definition) is 1. The van der Waals surface area contributed by atoms with Crippen molar-refractivity contribution in [3.8, 4) is 34.3 Å². The summed E-state index contributed by atoms with van der Waals surface area (Å²) in [5.41, 5.74) is 5.94. The van der Waals surface area contributed by atoms with Gasteiger partial charge in [-0.1, -0.05) is 79.0 Å². The van der Waals surface area contributed by atoms with Crippen molar-refractivity contribution in [3.63, 3.8) is 0 Å². The van der Waals surface area contributed by atoms with Crippen LogP contribution in [0.15, 0.2) is 109 Å². The van der Waals surface area contributed by atoms with Crippen LogP contribution in [0.4, 0.5) is 0 Å². The van der Waals surface area contributed by atoms with E-state index in [0.29, 0.717) is 23.1 Å². The third kappa shape index (κ3) is 4.88. The molecule has 0 amide bonds. The van der Waals surface area contributed by atoms with Crippen LogP contribution in [0.2, 0.25) is 0 Å². The van der Waals surface area contributed by atoms with Crippen molar-refractivity contribution < 1.29 is 30.9 Å². The fraction of sp³-hybridized carbons (Fsp3) is 0.135. The van der Waals surface area contributed by atoms with Gasteiger partial charge in [0.1, 0.15) is 17.1 Å². The van der Waals surface area contributed by atoms with Gasteiger partial charge in [0.05, 0.1) is 0 Å². The molecule has 214 valence electrons. The van der Waals surface area contributed by atoms with Crippen molar-refractivity contribution in [1.82, 2.24) is 14.5 Å². The smallest absolute Gasteiger partial charge is 0.217 e. The molecule has 0 saturated heterocycles. The molecule has 0 atom stereocenters. The molecule has 1 aliphatic carbocycles. The fourth-order valence-corrected chi connectivity index (χ4v) is 6.50. The van der Waals surface area contributed by atoms with E-state index in [9.17, 15) is 5.11 Å². The molecule has 0 spiro atoms. The van der Waals surface area contributed by atoms with Crippen LogP contribution in [0.1, 0.15) is 37.2 Å². The number of hydrogen-bond acceptors (Lipinski definition) is 4. The van der Waals surface area contributed by atoms with Crippen LogP contribution in [0.3, 0.4) is 0 Å². The first-order valence-electron chi connectivity index (χ1n) is 14.5. The maximum atomic E-state index is 10.7. The second-order valence-electron chi connectivity index (χ2n) is 11.0. The number of aromatic hydroxyl groups is 1. The number of aromatic nitrogens is 3. The Hall–Kier alpha value is -4.47. The number of fused-ring (bicyclic) bond motifs is 4. The summed E-state index contributed by atoms with van der Waals surface area (Å²) in [6.07, 6.45) is 6.58. The van der Waals surface area contributed by atoms with Crippen LogP contribution in [0.5, 0.6) is 17.4 Å². The summed E-state index contributed by atoms with van der Waals surface area (Å²) >= 11 is 0. The molecule has 8 rings (SSSR count). The molecule has 4 aromatic carbocycles. The van der Waals surface area contributed by atoms with E-state index >= 15 is 0 Å². The van der Waals surface area contributed by atoms with Gasteiger partial charge < -0.3 is 14.4 Å². The average Bonchev–Trinajstić information content (AvgIpc) is 3.68. The molecule has 5 nitrogen and oxygen atoms in total. The van der Waals surface area contributed by atoms with Crippen molar-refractivity contribution in [2.75, 3.05) is 0 Å². The van der Waals surface area contributed by atoms with E-state index in [1.807, 2.05) is 54.7 Å². The molecule has 43 heavy (non-hydrogen) atoms. The number of phenols is 1. The second-order valence-corrected chi connectivity index (χ2v) is 11.0. The third-order valence-electron chi connectivity index (χ3n) is 8.47. The van der Waals surface area contributed by atoms with Crippen LogP contribution in [-0.4, -0.2) is 19.6 Å². The Kier molecular flexibility index (Phi) is 7.20. The Morgan fingerprint density at radius 1 is 0.767 bits per heavy atom. The van der Waals surface area contributed by atoms with E-state index in [1.54, 1.807) is 6.07 Å². The van der Waals surface area contributed by atoms with E-state index in [1.165, 1.54) is 18.4 Å². The standard InChI is InChI=1S/C37H28N3O2.Pt/c41-34-16-8-14-30-31(25-11-4-5-12-25)23-36(39-37(30)34)42-27-17-18-29-28-13-6-7-15-32(28)40(33(29)22-27)35-21-26(19-20-38-35)24-9-2-1-3-10-24;/h1-3,6-10,13-21,23,25,41H,4-5,11-12H2;/q-1;. The van der Waals surface area contributed by atoms with Gasteiger partial charge in [-0.15, -0.1) is 17.5 Å². The van der Waals surface area contributed by atoms with Crippen molar-refractivity contribution in [3.05, 3.63) is 121 Å². The Morgan fingerprint density at radius 2 is 1.56 bits per heavy atom. The van der Waals surface area contributed by atoms with E-state index in [2.05, 4.69) is 59.2 Å². The fourth-order valence-electron chi connectivity index (χ4n) is 6.50. The Balaban J connectivity index is 0.00000300. The minimum absolute atomic E-state index is 0. The Morgan fingerprint density at radius 3 is 2.42 bits per heavy atom. The first-order valence-corrected chi connectivity index (χ1v) is 14.5. The summed E-state index contributed by atoms with van der Waals surface area (Å²) in [7, 11) is 0. The zero-order chi connectivity index (χ0) is 28.0. The average molecular weight is 742 g/mol. The molecule has 3 heterocycles. The second kappa shape index (κ2) is 11.3. The van der Waals surface area contributed by atoms with Crippen molar-refractivity contribution >= 4 is 32.7 Å². The molecular formula is C37H28N3O2Pt-. The van der Waals surface area contributed by atoms with E-state index in [-0.39, 0.29) is 26.8 Å². The molecule has 7 aromatic rings. The summed E-state index contributed by atoms with van der Waals surface area (Å²) in [5.74, 6) is 2.45. The molecule has 1 fully saturated rings. The molecule has 3 aromatic heterocycles. The number of phenolic OH excluding ortho intramolecular Hbond substituents is 1. The normalized spacial score (nSPS) is 13.5. The largest absolute Gasteiger partial charge is 0.506 e. The SMILES string of the molecule is Oc1cccc2c(C3CCCC3)cc(Oc3[c-]c4c(cc3)c3ccccc3n4-c3cc(-c4ccccc4)ccn3)nc12.[Pt]. The molecule has 0 aliphatic heterocycles. The predicted octanol–water partition coefficient (Wildman–Crippen LogP) is 9.35. The molecule has 0 bridgehead atoms. The number of para-hydroxylation sites is 2. The molecular weight excluding hydrogens is 714 g/mol. The van der Waals surface area contributed by atoms with Gasteiger partial charge >= 0.3 is 0 Å². The van der Waals surface area contributed by atoms with Crippen molar-refractivity contribution in [2.45, 2.75) is 31.6 Å². The van der Waals surface area contributed by atoms with Crippen LogP contribution >= 0.6 is 0 Å². The van der Waals surface area contributed by atoms with Crippen LogP contribution < -0.4 is 4.74 Å². The number of nitrogens with zero attached hydrogens (tertiary/aromatic N) is 3. The first kappa shape index (κ1) is 27.4. The molecule has 0 unspecified atom stereocenters. The van der Waals surface area contributed by atoms with Gasteiger partial charge in [0.25, 0.3) is 0 Å². The minimum Gasteiger partial charge on any atom is -0.506 e. The zero-order valence-corrected chi connectivity index (χ0v) is 25.6. The summed E-state index contributed by atoms with van der Waals surface area (Å²) in [6.45, 7) is 0. The van der Waals surface area contributed by atoms with E-state index < -0.39 is 0 Å². The summed E-state index contributed by atoms with van der Waals surface area (Å²) < 4.78 is 8.56. The van der Waals surface area contributed by atoms with Crippen LogP contribution in [-0.2, 0) is 21.1 Å². The van der Waals surface area contributed by atoms with E-state index in [4.69, 9.17) is 14.7 Å². The minimum atomic E-state index is 0. The zero-order valence-electron chi connectivity index (χ0n) is 23.3. The molecule has 1 N–H and O–H groups in total. The summed E-state index contributed by atoms with van der Waals surface area (Å²) in [6, 6.07) is 38.1. The summed E-state index contributed by atoms with van der Waals surface area (Å²) in [5, 5.41) is 13.9. The first-order chi connectivity index (χ1) is 20.7.